The second kappa shape index (κ2) is 19.8. The molecule has 7 amide bonds. The molecule has 0 radical (unpaired) electrons. The Labute approximate surface area is 390 Å². The van der Waals surface area contributed by atoms with E-state index in [1.54, 1.807) is 92.7 Å². The molecule has 1 unspecified atom stereocenters. The Balaban J connectivity index is 1.01. The van der Waals surface area contributed by atoms with Gasteiger partial charge in [0.25, 0.3) is 5.91 Å². The molecule has 8 rings (SSSR count). The molecule has 0 saturated carbocycles. The zero-order valence-corrected chi connectivity index (χ0v) is 37.5. The van der Waals surface area contributed by atoms with E-state index in [9.17, 15) is 33.6 Å². The van der Waals surface area contributed by atoms with Gasteiger partial charge in [-0.15, -0.1) is 11.8 Å². The summed E-state index contributed by atoms with van der Waals surface area (Å²) >= 11 is 1.19. The van der Waals surface area contributed by atoms with E-state index in [2.05, 4.69) is 16.0 Å². The summed E-state index contributed by atoms with van der Waals surface area (Å²) in [5.41, 5.74) is 1.21. The van der Waals surface area contributed by atoms with Crippen molar-refractivity contribution in [2.24, 2.45) is 0 Å². The Hall–Kier alpha value is -7.66. The van der Waals surface area contributed by atoms with Gasteiger partial charge in [-0.1, -0.05) is 133 Å². The van der Waals surface area contributed by atoms with Gasteiger partial charge in [0.05, 0.1) is 11.3 Å². The molecule has 3 heterocycles. The van der Waals surface area contributed by atoms with E-state index < -0.39 is 63.5 Å². The smallest absolute Gasteiger partial charge is 0.355 e. The number of benzene rings is 5. The molecule has 3 aliphatic heterocycles. The number of amides is 7. The van der Waals surface area contributed by atoms with Crippen molar-refractivity contribution in [3.8, 4) is 11.5 Å². The Morgan fingerprint density at radius 1 is 0.731 bits per heavy atom. The number of imide groups is 1. The predicted molar refractivity (Wildman–Crippen MR) is 245 cm³/mol. The number of carbonyl (C=O) groups excluding carboxylic acids is 7. The number of fused-ring (bicyclic) bond motifs is 1. The maximum absolute atomic E-state index is 14.8. The van der Waals surface area contributed by atoms with Crippen LogP contribution in [0.1, 0.15) is 47.7 Å². The van der Waals surface area contributed by atoms with Crippen molar-refractivity contribution in [2.45, 2.75) is 68.1 Å². The van der Waals surface area contributed by atoms with Gasteiger partial charge in [-0.3, -0.25) is 33.8 Å². The van der Waals surface area contributed by atoms with Crippen molar-refractivity contribution >= 4 is 53.8 Å². The highest BCUT2D eigenvalue weighted by atomic mass is 32.2. The summed E-state index contributed by atoms with van der Waals surface area (Å²) in [6, 6.07) is 37.9. The molecule has 5 aromatic rings. The number of nitrogens with one attached hydrogen (secondary N) is 3. The van der Waals surface area contributed by atoms with E-state index in [0.717, 1.165) is 16.0 Å². The van der Waals surface area contributed by atoms with Crippen LogP contribution in [0, 0.1) is 0 Å². The Morgan fingerprint density at radius 3 is 1.93 bits per heavy atom. The first-order valence-electron chi connectivity index (χ1n) is 21.6. The minimum absolute atomic E-state index is 0.0442. The molecular formula is C50H48N6O10S. The minimum Gasteiger partial charge on any atom is -0.485 e. The van der Waals surface area contributed by atoms with Crippen LogP contribution < -0.4 is 25.4 Å². The summed E-state index contributed by atoms with van der Waals surface area (Å²) in [5, 5.41) is 7.16. The number of hydrogen-bond donors (Lipinski definition) is 3. The fourth-order valence-electron chi connectivity index (χ4n) is 8.33. The first kappa shape index (κ1) is 45.9. The van der Waals surface area contributed by atoms with Crippen LogP contribution in [0.4, 0.5) is 4.79 Å². The number of esters is 1. The number of nitrogens with zero attached hydrogens (tertiary/aromatic N) is 3. The number of carbonyl (C=O) groups is 7. The molecule has 17 heteroatoms. The fraction of sp³-hybridized carbons (Fsp3) is 0.260. The lowest BCUT2D eigenvalue weighted by Crippen LogP contribution is -2.80. The number of β-lactam (4-membered cyclic amide) rings is 1. The van der Waals surface area contributed by atoms with Gasteiger partial charge >= 0.3 is 23.8 Å². The van der Waals surface area contributed by atoms with Gasteiger partial charge < -0.3 is 35.1 Å². The third-order valence-corrected chi connectivity index (χ3v) is 13.5. The molecule has 16 nitrogen and oxygen atoms in total. The lowest BCUT2D eigenvalue weighted by atomic mass is 9.87. The van der Waals surface area contributed by atoms with Gasteiger partial charge in [0.15, 0.2) is 11.5 Å². The van der Waals surface area contributed by atoms with Gasteiger partial charge in [0, 0.05) is 18.7 Å². The average molecular weight is 925 g/mol. The minimum atomic E-state index is -2.13. The van der Waals surface area contributed by atoms with E-state index in [1.165, 1.54) is 21.6 Å². The Morgan fingerprint density at radius 2 is 1.31 bits per heavy atom. The highest BCUT2D eigenvalue weighted by Gasteiger charge is 2.74. The zero-order chi connectivity index (χ0) is 47.1. The number of rotatable bonds is 17. The maximum Gasteiger partial charge on any atom is 0.355 e. The highest BCUT2D eigenvalue weighted by Crippen LogP contribution is 2.56. The molecule has 3 fully saturated rings. The summed E-state index contributed by atoms with van der Waals surface area (Å²) < 4.78 is 17.1. The second-order valence-corrected chi connectivity index (χ2v) is 18.3. The molecule has 67 heavy (non-hydrogen) atoms. The molecule has 5 aromatic carbocycles. The van der Waals surface area contributed by atoms with Crippen LogP contribution in [0.25, 0.3) is 0 Å². The maximum atomic E-state index is 14.8. The summed E-state index contributed by atoms with van der Waals surface area (Å²) in [7, 11) is 0. The van der Waals surface area contributed by atoms with Crippen molar-refractivity contribution in [2.75, 3.05) is 13.1 Å². The third kappa shape index (κ3) is 9.40. The third-order valence-electron chi connectivity index (χ3n) is 11.9. The van der Waals surface area contributed by atoms with Crippen LogP contribution in [-0.4, -0.2) is 91.7 Å². The number of piperazine rings is 1. The Kier molecular flexibility index (Phi) is 13.6. The molecule has 0 spiro atoms. The quantitative estimate of drug-likeness (QED) is 0.0501. The summed E-state index contributed by atoms with van der Waals surface area (Å²) in [5.74, 6) is -3.74. The Bertz CT molecular complexity index is 2640. The van der Waals surface area contributed by atoms with Gasteiger partial charge in [0.2, 0.25) is 18.0 Å². The number of thioether (sulfide) groups is 1. The molecule has 0 bridgehead atoms. The zero-order valence-electron chi connectivity index (χ0n) is 36.7. The molecular weight excluding hydrogens is 877 g/mol. The molecule has 3 aliphatic rings. The van der Waals surface area contributed by atoms with Gasteiger partial charge in [-0.25, -0.2) is 9.59 Å². The van der Waals surface area contributed by atoms with Crippen molar-refractivity contribution in [1.82, 2.24) is 30.7 Å². The standard InChI is InChI=1S/C50H48N6O10S/c1-49(2)50(47(62)66-31-35-20-11-5-12-21-35,56-43(59)40(51-32-57)46(56)67-49)53-42(58)39(36-22-13-6-14-23-36)52-48(63)55-27-26-54(44(60)45(55)61)28-37-24-15-25-38(64-29-33-16-7-3-8-17-33)41(37)65-30-34-18-9-4-10-19-34/h3-25,32,39-40,46H,26-31H2,1-2H3,(H,51,57)(H,52,63)(H,53,58)/t39?,40-,46-,50+/m1/s1. The predicted octanol–water partition coefficient (Wildman–Crippen LogP) is 4.83. The van der Waals surface area contributed by atoms with Crippen molar-refractivity contribution in [3.05, 3.63) is 167 Å². The number of hydrogen-bond acceptors (Lipinski definition) is 11. The van der Waals surface area contributed by atoms with Crippen LogP contribution in [-0.2, 0) is 59.9 Å². The molecule has 344 valence electrons. The number of urea groups is 1. The van der Waals surface area contributed by atoms with E-state index in [1.807, 2.05) is 60.7 Å². The molecule has 3 saturated heterocycles. The van der Waals surface area contributed by atoms with Crippen molar-refractivity contribution in [1.29, 1.82) is 0 Å². The van der Waals surface area contributed by atoms with Gasteiger partial charge in [-0.05, 0) is 42.2 Å². The van der Waals surface area contributed by atoms with Crippen LogP contribution >= 0.6 is 11.8 Å². The van der Waals surface area contributed by atoms with E-state index in [0.29, 0.717) is 29.0 Å². The average Bonchev–Trinajstić information content (AvgIpc) is 3.56. The largest absolute Gasteiger partial charge is 0.485 e. The van der Waals surface area contributed by atoms with Gasteiger partial charge in [0.1, 0.15) is 37.3 Å². The summed E-state index contributed by atoms with van der Waals surface area (Å²) in [6.07, 6.45) is 0.395. The van der Waals surface area contributed by atoms with Crippen LogP contribution in [0.5, 0.6) is 11.5 Å². The highest BCUT2D eigenvalue weighted by molar-refractivity contribution is 8.01. The lowest BCUT2D eigenvalue weighted by Gasteiger charge is -2.50. The van der Waals surface area contributed by atoms with Crippen LogP contribution in [0.15, 0.2) is 140 Å². The molecule has 0 aliphatic carbocycles. The topological polar surface area (TPSA) is 193 Å². The van der Waals surface area contributed by atoms with Crippen LogP contribution in [0.3, 0.4) is 0 Å². The normalized spacial score (nSPS) is 19.9. The first-order valence-corrected chi connectivity index (χ1v) is 22.4. The number of ether oxygens (including phenoxy) is 3. The fourth-order valence-corrected chi connectivity index (χ4v) is 10.0. The van der Waals surface area contributed by atoms with Crippen molar-refractivity contribution < 1.29 is 47.8 Å². The van der Waals surface area contributed by atoms with E-state index in [4.69, 9.17) is 14.2 Å². The van der Waals surface area contributed by atoms with Crippen molar-refractivity contribution in [3.63, 3.8) is 0 Å². The SMILES string of the molecule is CC1(C)S[C@@H]2[C@H](NC=O)C(=O)N2[C@@]1(NC(=O)C(NC(=O)N1CCN(Cc2cccc(OCc3ccccc3)c2OCc2ccccc2)C(=O)C1=O)c1ccccc1)C(=O)OCc1ccccc1. The summed E-state index contributed by atoms with van der Waals surface area (Å²) in [6.45, 7) is 3.28. The molecule has 4 atom stereocenters. The lowest BCUT2D eigenvalue weighted by molar-refractivity contribution is -0.181. The number of para-hydroxylation sites is 1. The summed E-state index contributed by atoms with van der Waals surface area (Å²) in [4.78, 5) is 99.5. The van der Waals surface area contributed by atoms with Gasteiger partial charge in [-0.2, -0.15) is 0 Å². The monoisotopic (exact) mass is 924 g/mol. The molecule has 3 N–H and O–H groups in total. The van der Waals surface area contributed by atoms with E-state index >= 15 is 0 Å². The first-order chi connectivity index (χ1) is 32.4. The molecule has 0 aromatic heterocycles. The second-order valence-electron chi connectivity index (χ2n) is 16.5. The van der Waals surface area contributed by atoms with Crippen LogP contribution in [0.2, 0.25) is 0 Å². The van der Waals surface area contributed by atoms with E-state index in [-0.39, 0.29) is 45.0 Å².